The lowest BCUT2D eigenvalue weighted by atomic mass is 10.2. The van der Waals surface area contributed by atoms with Gasteiger partial charge in [-0.15, -0.1) is 0 Å². The van der Waals surface area contributed by atoms with Gasteiger partial charge >= 0.3 is 5.63 Å². The molecule has 2 aromatic heterocycles. The van der Waals surface area contributed by atoms with Gasteiger partial charge in [-0.2, -0.15) is 4.99 Å². The average Bonchev–Trinajstić information content (AvgIpc) is 3.08. The number of nitrogens with zero attached hydrogens (tertiary/aromatic N) is 2. The zero-order chi connectivity index (χ0) is 20.4. The van der Waals surface area contributed by atoms with E-state index in [1.807, 2.05) is 28.8 Å². The Kier molecular flexibility index (Phi) is 5.28. The molecule has 0 aliphatic heterocycles. The molecule has 0 spiro atoms. The Bertz CT molecular complexity index is 1330. The Labute approximate surface area is 169 Å². The van der Waals surface area contributed by atoms with Crippen molar-refractivity contribution in [3.05, 3.63) is 69.3 Å². The fraction of sp³-hybridized carbons (Fsp3) is 0.190. The molecule has 0 bridgehead atoms. The van der Waals surface area contributed by atoms with E-state index in [-0.39, 0.29) is 5.56 Å². The highest BCUT2D eigenvalue weighted by molar-refractivity contribution is 7.16. The van der Waals surface area contributed by atoms with Crippen molar-refractivity contribution in [1.29, 1.82) is 0 Å². The first-order valence-electron chi connectivity index (χ1n) is 8.89. The van der Waals surface area contributed by atoms with Crippen LogP contribution in [0, 0.1) is 0 Å². The van der Waals surface area contributed by atoms with Crippen LogP contribution < -0.4 is 15.2 Å². The van der Waals surface area contributed by atoms with E-state index in [1.165, 1.54) is 17.4 Å². The second-order valence-corrected chi connectivity index (χ2v) is 7.25. The minimum Gasteiger partial charge on any atom is -0.495 e. The van der Waals surface area contributed by atoms with Crippen molar-refractivity contribution in [2.75, 3.05) is 20.8 Å². The number of carbonyl (C=O) groups is 1. The minimum absolute atomic E-state index is 0.105. The van der Waals surface area contributed by atoms with Crippen LogP contribution >= 0.6 is 11.3 Å². The van der Waals surface area contributed by atoms with Gasteiger partial charge in [-0.05, 0) is 24.3 Å². The van der Waals surface area contributed by atoms with Gasteiger partial charge in [0.2, 0.25) is 0 Å². The van der Waals surface area contributed by atoms with E-state index in [1.54, 1.807) is 32.4 Å². The molecule has 0 N–H and O–H groups in total. The van der Waals surface area contributed by atoms with Gasteiger partial charge in [0.1, 0.15) is 22.4 Å². The van der Waals surface area contributed by atoms with Crippen LogP contribution in [0.2, 0.25) is 0 Å². The number of methoxy groups -OCH3 is 2. The van der Waals surface area contributed by atoms with Crippen molar-refractivity contribution in [3.63, 3.8) is 0 Å². The van der Waals surface area contributed by atoms with Gasteiger partial charge in [0.25, 0.3) is 5.91 Å². The number of ether oxygens (including phenoxy) is 2. The van der Waals surface area contributed by atoms with Gasteiger partial charge < -0.3 is 18.5 Å². The number of carbonyl (C=O) groups excluding carboxylic acids is 1. The van der Waals surface area contributed by atoms with E-state index in [9.17, 15) is 9.59 Å². The maximum Gasteiger partial charge on any atom is 0.349 e. The van der Waals surface area contributed by atoms with Crippen molar-refractivity contribution in [2.24, 2.45) is 4.99 Å². The smallest absolute Gasteiger partial charge is 0.349 e. The van der Waals surface area contributed by atoms with Gasteiger partial charge in [0.15, 0.2) is 4.80 Å². The van der Waals surface area contributed by atoms with E-state index < -0.39 is 11.5 Å². The number of rotatable bonds is 5. The number of hydrogen-bond acceptors (Lipinski definition) is 6. The molecular formula is C21H18N2O5S. The number of para-hydroxylation sites is 2. The Hall–Kier alpha value is -3.23. The molecule has 0 unspecified atom stereocenters. The lowest BCUT2D eigenvalue weighted by molar-refractivity contribution is 0.0994. The third kappa shape index (κ3) is 3.59. The molecule has 0 saturated carbocycles. The predicted molar refractivity (Wildman–Crippen MR) is 111 cm³/mol. The Morgan fingerprint density at radius 3 is 2.79 bits per heavy atom. The summed E-state index contributed by atoms with van der Waals surface area (Å²) in [7, 11) is 3.20. The third-order valence-corrected chi connectivity index (χ3v) is 5.52. The predicted octanol–water partition coefficient (Wildman–Crippen LogP) is 3.21. The quantitative estimate of drug-likeness (QED) is 0.472. The SMILES string of the molecule is COCCn1c(=NC(=O)c2cc3ccccc3oc2=O)sc2cccc(OC)c21. The summed E-state index contributed by atoms with van der Waals surface area (Å²) in [6.45, 7) is 0.915. The number of fused-ring (bicyclic) bond motifs is 2. The summed E-state index contributed by atoms with van der Waals surface area (Å²) in [6.07, 6.45) is 0. The zero-order valence-electron chi connectivity index (χ0n) is 15.9. The summed E-state index contributed by atoms with van der Waals surface area (Å²) < 4.78 is 18.7. The lowest BCUT2D eigenvalue weighted by Crippen LogP contribution is -2.21. The van der Waals surface area contributed by atoms with Crippen LogP contribution in [0.4, 0.5) is 0 Å². The van der Waals surface area contributed by atoms with Crippen LogP contribution in [0.15, 0.2) is 62.7 Å². The van der Waals surface area contributed by atoms with Crippen LogP contribution in [0.3, 0.4) is 0 Å². The average molecular weight is 410 g/mol. The van der Waals surface area contributed by atoms with E-state index in [4.69, 9.17) is 13.9 Å². The highest BCUT2D eigenvalue weighted by Gasteiger charge is 2.16. The fourth-order valence-electron chi connectivity index (χ4n) is 3.10. The summed E-state index contributed by atoms with van der Waals surface area (Å²) in [5.74, 6) is 0.0233. The van der Waals surface area contributed by atoms with E-state index in [0.717, 1.165) is 10.2 Å². The molecule has 0 aliphatic carbocycles. The van der Waals surface area contributed by atoms with Crippen molar-refractivity contribution in [2.45, 2.75) is 6.54 Å². The van der Waals surface area contributed by atoms with Crippen molar-refractivity contribution >= 4 is 38.4 Å². The number of aromatic nitrogens is 1. The molecule has 29 heavy (non-hydrogen) atoms. The molecule has 0 aliphatic rings. The molecule has 4 aromatic rings. The van der Waals surface area contributed by atoms with E-state index in [2.05, 4.69) is 4.99 Å². The first-order valence-corrected chi connectivity index (χ1v) is 9.71. The highest BCUT2D eigenvalue weighted by Crippen LogP contribution is 2.27. The first-order chi connectivity index (χ1) is 14.1. The number of amides is 1. The van der Waals surface area contributed by atoms with Crippen LogP contribution in [0.25, 0.3) is 21.2 Å². The van der Waals surface area contributed by atoms with E-state index in [0.29, 0.717) is 34.7 Å². The molecule has 1 amide bonds. The number of hydrogen-bond donors (Lipinski definition) is 0. The summed E-state index contributed by atoms with van der Waals surface area (Å²) in [5.41, 5.74) is 0.441. The fourth-order valence-corrected chi connectivity index (χ4v) is 4.17. The van der Waals surface area contributed by atoms with Gasteiger partial charge in [0, 0.05) is 19.0 Å². The monoisotopic (exact) mass is 410 g/mol. The molecular weight excluding hydrogens is 392 g/mol. The molecule has 2 heterocycles. The second kappa shape index (κ2) is 8.02. The van der Waals surface area contributed by atoms with Crippen LogP contribution in [0.5, 0.6) is 5.75 Å². The largest absolute Gasteiger partial charge is 0.495 e. The number of benzene rings is 2. The van der Waals surface area contributed by atoms with Crippen LogP contribution in [-0.4, -0.2) is 31.3 Å². The van der Waals surface area contributed by atoms with Crippen LogP contribution in [-0.2, 0) is 11.3 Å². The maximum absolute atomic E-state index is 12.8. The normalized spacial score (nSPS) is 12.0. The summed E-state index contributed by atoms with van der Waals surface area (Å²) in [6, 6.07) is 14.2. The zero-order valence-corrected chi connectivity index (χ0v) is 16.7. The third-order valence-electron chi connectivity index (χ3n) is 4.47. The highest BCUT2D eigenvalue weighted by atomic mass is 32.1. The Morgan fingerprint density at radius 1 is 1.17 bits per heavy atom. The topological polar surface area (TPSA) is 83.0 Å². The van der Waals surface area contributed by atoms with Crippen molar-refractivity contribution < 1.29 is 18.7 Å². The van der Waals surface area contributed by atoms with Crippen LogP contribution in [0.1, 0.15) is 10.4 Å². The summed E-state index contributed by atoms with van der Waals surface area (Å²) >= 11 is 1.34. The first kappa shape index (κ1) is 19.1. The molecule has 0 fully saturated rings. The lowest BCUT2D eigenvalue weighted by Gasteiger charge is -2.07. The summed E-state index contributed by atoms with van der Waals surface area (Å²) in [5, 5.41) is 0.663. The molecule has 4 rings (SSSR count). The van der Waals surface area contributed by atoms with Gasteiger partial charge in [0.05, 0.1) is 18.4 Å². The molecule has 0 atom stereocenters. The Balaban J connectivity index is 1.88. The van der Waals surface area contributed by atoms with Crippen molar-refractivity contribution in [1.82, 2.24) is 4.57 Å². The Morgan fingerprint density at radius 2 is 2.00 bits per heavy atom. The van der Waals surface area contributed by atoms with Crippen molar-refractivity contribution in [3.8, 4) is 5.75 Å². The van der Waals surface area contributed by atoms with Gasteiger partial charge in [-0.1, -0.05) is 35.6 Å². The molecule has 7 nitrogen and oxygen atoms in total. The minimum atomic E-state index is -0.709. The number of thiazole rings is 1. The van der Waals surface area contributed by atoms with Gasteiger partial charge in [-0.3, -0.25) is 4.79 Å². The second-order valence-electron chi connectivity index (χ2n) is 6.24. The standard InChI is InChI=1S/C21H18N2O5S/c1-26-11-10-23-18-16(27-2)8-5-9-17(18)29-21(23)22-19(24)14-12-13-6-3-4-7-15(13)28-20(14)25/h3-9,12H,10-11H2,1-2H3. The summed E-state index contributed by atoms with van der Waals surface area (Å²) in [4.78, 5) is 29.8. The van der Waals surface area contributed by atoms with Gasteiger partial charge in [-0.25, -0.2) is 4.79 Å². The molecule has 148 valence electrons. The molecule has 2 aromatic carbocycles. The maximum atomic E-state index is 12.8. The molecule has 0 saturated heterocycles. The molecule has 0 radical (unpaired) electrons. The molecule has 8 heteroatoms. The van der Waals surface area contributed by atoms with E-state index >= 15 is 0 Å².